The molecule has 0 radical (unpaired) electrons. The normalized spacial score (nSPS) is 24.5. The molecule has 1 aromatic rings. The molecular formula is C19H27NO2. The lowest BCUT2D eigenvalue weighted by atomic mass is 9.98. The largest absolute Gasteiger partial charge is 0.368 e. The Morgan fingerprint density at radius 3 is 2.36 bits per heavy atom. The van der Waals surface area contributed by atoms with Crippen molar-refractivity contribution in [3.05, 3.63) is 35.4 Å². The Bertz CT molecular complexity index is 519. The van der Waals surface area contributed by atoms with Crippen molar-refractivity contribution in [2.45, 2.75) is 51.7 Å². The highest BCUT2D eigenvalue weighted by Gasteiger charge is 2.38. The van der Waals surface area contributed by atoms with Crippen LogP contribution in [-0.2, 0) is 9.53 Å². The van der Waals surface area contributed by atoms with Gasteiger partial charge in [-0.2, -0.15) is 0 Å². The number of benzene rings is 1. The van der Waals surface area contributed by atoms with Crippen molar-refractivity contribution >= 4 is 5.78 Å². The number of carbonyl (C=O) groups is 1. The Labute approximate surface area is 133 Å². The molecule has 1 aromatic carbocycles. The number of rotatable bonds is 5. The van der Waals surface area contributed by atoms with Crippen molar-refractivity contribution in [2.24, 2.45) is 5.92 Å². The van der Waals surface area contributed by atoms with Gasteiger partial charge in [0.15, 0.2) is 5.78 Å². The van der Waals surface area contributed by atoms with Gasteiger partial charge in [0.1, 0.15) is 6.10 Å². The zero-order valence-electron chi connectivity index (χ0n) is 13.9. The number of ketones is 1. The van der Waals surface area contributed by atoms with E-state index in [2.05, 4.69) is 49.9 Å². The average molecular weight is 301 g/mol. The molecule has 22 heavy (non-hydrogen) atoms. The van der Waals surface area contributed by atoms with Crippen LogP contribution < -0.4 is 0 Å². The summed E-state index contributed by atoms with van der Waals surface area (Å²) < 4.78 is 5.72. The molecule has 1 saturated heterocycles. The molecular weight excluding hydrogens is 274 g/mol. The van der Waals surface area contributed by atoms with Gasteiger partial charge in [-0.05, 0) is 36.8 Å². The van der Waals surface area contributed by atoms with E-state index in [4.69, 9.17) is 4.74 Å². The maximum absolute atomic E-state index is 12.2. The van der Waals surface area contributed by atoms with Crippen molar-refractivity contribution in [3.8, 4) is 0 Å². The van der Waals surface area contributed by atoms with Gasteiger partial charge in [0.2, 0.25) is 0 Å². The molecule has 0 N–H and O–H groups in total. The molecule has 2 atom stereocenters. The summed E-state index contributed by atoms with van der Waals surface area (Å²) in [6.45, 7) is 8.97. The van der Waals surface area contributed by atoms with Gasteiger partial charge < -0.3 is 4.74 Å². The van der Waals surface area contributed by atoms with Crippen LogP contribution >= 0.6 is 0 Å². The van der Waals surface area contributed by atoms with Crippen LogP contribution in [0.15, 0.2) is 24.3 Å². The highest BCUT2D eigenvalue weighted by atomic mass is 16.5. The van der Waals surface area contributed by atoms with Gasteiger partial charge in [-0.1, -0.05) is 38.1 Å². The molecule has 0 unspecified atom stereocenters. The molecule has 3 rings (SSSR count). The summed E-state index contributed by atoms with van der Waals surface area (Å²) >= 11 is 0. The van der Waals surface area contributed by atoms with Gasteiger partial charge >= 0.3 is 0 Å². The summed E-state index contributed by atoms with van der Waals surface area (Å²) in [6, 6.07) is 9.24. The van der Waals surface area contributed by atoms with Crippen molar-refractivity contribution in [1.82, 2.24) is 4.90 Å². The van der Waals surface area contributed by atoms with E-state index in [1.165, 1.54) is 11.1 Å². The molecule has 1 saturated carbocycles. The van der Waals surface area contributed by atoms with E-state index in [-0.39, 0.29) is 12.0 Å². The second-order valence-corrected chi connectivity index (χ2v) is 7.03. The third kappa shape index (κ3) is 3.41. The molecule has 0 aromatic heterocycles. The van der Waals surface area contributed by atoms with Crippen LogP contribution in [0.1, 0.15) is 56.7 Å². The highest BCUT2D eigenvalue weighted by molar-refractivity contribution is 5.87. The Morgan fingerprint density at radius 2 is 1.77 bits per heavy atom. The predicted octanol–water partition coefficient (Wildman–Crippen LogP) is 3.55. The molecule has 1 aliphatic heterocycles. The van der Waals surface area contributed by atoms with Gasteiger partial charge in [0.05, 0.1) is 6.61 Å². The van der Waals surface area contributed by atoms with E-state index in [0.29, 0.717) is 24.3 Å². The second-order valence-electron chi connectivity index (χ2n) is 7.03. The summed E-state index contributed by atoms with van der Waals surface area (Å²) in [5, 5.41) is 0. The molecule has 2 fully saturated rings. The average Bonchev–Trinajstić information content (AvgIpc) is 3.38. The van der Waals surface area contributed by atoms with E-state index in [1.54, 1.807) is 0 Å². The molecule has 0 spiro atoms. The van der Waals surface area contributed by atoms with Gasteiger partial charge in [0.25, 0.3) is 0 Å². The Balaban J connectivity index is 1.65. The Kier molecular flexibility index (Phi) is 4.65. The van der Waals surface area contributed by atoms with Crippen LogP contribution in [0.5, 0.6) is 0 Å². The van der Waals surface area contributed by atoms with Crippen molar-refractivity contribution in [3.63, 3.8) is 0 Å². The van der Waals surface area contributed by atoms with Crippen LogP contribution in [0, 0.1) is 5.92 Å². The quantitative estimate of drug-likeness (QED) is 0.833. The van der Waals surface area contributed by atoms with Gasteiger partial charge in [-0.25, -0.2) is 0 Å². The molecule has 0 bridgehead atoms. The Morgan fingerprint density at radius 1 is 1.14 bits per heavy atom. The minimum atomic E-state index is -0.210. The van der Waals surface area contributed by atoms with Crippen molar-refractivity contribution in [2.75, 3.05) is 19.7 Å². The molecule has 120 valence electrons. The zero-order valence-corrected chi connectivity index (χ0v) is 13.9. The number of hydrogen-bond donors (Lipinski definition) is 0. The molecule has 0 amide bonds. The molecule has 3 heteroatoms. The van der Waals surface area contributed by atoms with E-state index >= 15 is 0 Å². The molecule has 3 nitrogen and oxygen atoms in total. The smallest absolute Gasteiger partial charge is 0.165 e. The van der Waals surface area contributed by atoms with Crippen molar-refractivity contribution in [1.29, 1.82) is 0 Å². The summed E-state index contributed by atoms with van der Waals surface area (Å²) in [5.74, 6) is 1.17. The predicted molar refractivity (Wildman–Crippen MR) is 88.0 cm³/mol. The van der Waals surface area contributed by atoms with Crippen LogP contribution in [0.4, 0.5) is 0 Å². The van der Waals surface area contributed by atoms with Crippen LogP contribution in [0.2, 0.25) is 0 Å². The molecule has 2 aliphatic rings. The van der Waals surface area contributed by atoms with E-state index < -0.39 is 0 Å². The van der Waals surface area contributed by atoms with Gasteiger partial charge in [0, 0.05) is 25.0 Å². The topological polar surface area (TPSA) is 29.5 Å². The van der Waals surface area contributed by atoms with Crippen LogP contribution in [-0.4, -0.2) is 36.5 Å². The number of carbonyl (C=O) groups excluding carboxylic acids is 1. The Hall–Kier alpha value is -1.19. The fourth-order valence-electron chi connectivity index (χ4n) is 3.19. The minimum absolute atomic E-state index is 0.210. The third-order valence-corrected chi connectivity index (χ3v) is 5.03. The highest BCUT2D eigenvalue weighted by Crippen LogP contribution is 2.33. The lowest BCUT2D eigenvalue weighted by Crippen LogP contribution is -2.47. The number of morpholine rings is 1. The SMILES string of the molecule is CC(C)c1ccc([C@H](C)N2CCO[C@@H](C(=O)C3CC3)C2)cc1. The molecule has 1 aliphatic carbocycles. The summed E-state index contributed by atoms with van der Waals surface area (Å²) in [7, 11) is 0. The first-order chi connectivity index (χ1) is 10.6. The maximum atomic E-state index is 12.2. The monoisotopic (exact) mass is 301 g/mol. The van der Waals surface area contributed by atoms with Gasteiger partial charge in [-0.15, -0.1) is 0 Å². The minimum Gasteiger partial charge on any atom is -0.368 e. The van der Waals surface area contributed by atoms with E-state index in [1.807, 2.05) is 0 Å². The maximum Gasteiger partial charge on any atom is 0.165 e. The van der Waals surface area contributed by atoms with Gasteiger partial charge in [-0.3, -0.25) is 9.69 Å². The second kappa shape index (κ2) is 6.51. The lowest BCUT2D eigenvalue weighted by molar-refractivity contribution is -0.138. The first-order valence-corrected chi connectivity index (χ1v) is 8.55. The molecule has 1 heterocycles. The first-order valence-electron chi connectivity index (χ1n) is 8.55. The summed E-state index contributed by atoms with van der Waals surface area (Å²) in [6.07, 6.45) is 1.91. The first kappa shape index (κ1) is 15.7. The van der Waals surface area contributed by atoms with Crippen LogP contribution in [0.3, 0.4) is 0 Å². The van der Waals surface area contributed by atoms with E-state index in [9.17, 15) is 4.79 Å². The number of ether oxygens (including phenoxy) is 1. The fraction of sp³-hybridized carbons (Fsp3) is 0.632. The summed E-state index contributed by atoms with van der Waals surface area (Å²) in [5.41, 5.74) is 2.70. The van der Waals surface area contributed by atoms with Crippen LogP contribution in [0.25, 0.3) is 0 Å². The van der Waals surface area contributed by atoms with Crippen molar-refractivity contribution < 1.29 is 9.53 Å². The van der Waals surface area contributed by atoms with E-state index in [0.717, 1.165) is 25.9 Å². The summed E-state index contributed by atoms with van der Waals surface area (Å²) in [4.78, 5) is 14.6. The standard InChI is InChI=1S/C19H27NO2/c1-13(2)15-4-6-16(7-5-15)14(3)20-10-11-22-18(12-20)19(21)17-8-9-17/h4-7,13-14,17-18H,8-12H2,1-3H3/t14-,18+/m0/s1. The number of Topliss-reactive ketones (excluding diaryl/α,β-unsaturated/α-hetero) is 1. The zero-order chi connectivity index (χ0) is 15.7. The lowest BCUT2D eigenvalue weighted by Gasteiger charge is -2.36. The number of hydrogen-bond acceptors (Lipinski definition) is 3. The number of nitrogens with zero attached hydrogens (tertiary/aromatic N) is 1. The third-order valence-electron chi connectivity index (χ3n) is 5.03. The fourth-order valence-corrected chi connectivity index (χ4v) is 3.19.